The molecule has 2 aromatic carbocycles. The van der Waals surface area contributed by atoms with Crippen molar-refractivity contribution >= 4 is 5.97 Å². The second kappa shape index (κ2) is 12.1. The van der Waals surface area contributed by atoms with Gasteiger partial charge in [0.05, 0.1) is 33.0 Å². The summed E-state index contributed by atoms with van der Waals surface area (Å²) in [5.41, 5.74) is 1.06. The smallest absolute Gasteiger partial charge is 0.320 e. The highest BCUT2D eigenvalue weighted by Gasteiger charge is 2.41. The lowest BCUT2D eigenvalue weighted by Crippen LogP contribution is -2.37. The number of hydrogen-bond donors (Lipinski definition) is 3. The standard InChI is InChI=1S/C29H42O7/c1-27(2,3)20-14-22(18-24(31)16-20)29(7,23-15-21(28(4,5)6)17-25(32)19-23)26(33)36-13-12-35-11-10-34-9-8-30/h14-19,30-32H,8-13H2,1-7H3. The predicted molar refractivity (Wildman–Crippen MR) is 140 cm³/mol. The van der Waals surface area contributed by atoms with E-state index in [0.717, 1.165) is 11.1 Å². The molecule has 3 N–H and O–H groups in total. The maximum atomic E-state index is 13.7. The molecule has 0 aliphatic rings. The van der Waals surface area contributed by atoms with Gasteiger partial charge in [-0.1, -0.05) is 53.7 Å². The molecule has 200 valence electrons. The van der Waals surface area contributed by atoms with E-state index in [1.807, 2.05) is 53.7 Å². The maximum Gasteiger partial charge on any atom is 0.320 e. The van der Waals surface area contributed by atoms with Crippen LogP contribution in [0, 0.1) is 0 Å². The van der Waals surface area contributed by atoms with Crippen molar-refractivity contribution in [3.63, 3.8) is 0 Å². The number of aliphatic hydroxyl groups excluding tert-OH is 1. The Morgan fingerprint density at radius 2 is 1.03 bits per heavy atom. The molecule has 0 atom stereocenters. The van der Waals surface area contributed by atoms with E-state index in [-0.39, 0.29) is 48.8 Å². The molecule has 0 unspecified atom stereocenters. The zero-order chi connectivity index (χ0) is 27.1. The molecular weight excluding hydrogens is 460 g/mol. The van der Waals surface area contributed by atoms with Gasteiger partial charge >= 0.3 is 5.97 Å². The third-order valence-electron chi connectivity index (χ3n) is 6.20. The SMILES string of the molecule is CC(C)(C)c1cc(O)cc(C(C)(C(=O)OCCOCCOCCO)c2cc(O)cc(C(C)(C)C)c2)c1. The highest BCUT2D eigenvalue weighted by atomic mass is 16.6. The fourth-order valence-corrected chi connectivity index (χ4v) is 3.79. The van der Waals surface area contributed by atoms with Crippen LogP contribution in [0.5, 0.6) is 11.5 Å². The number of carbonyl (C=O) groups excluding carboxylic acids is 1. The minimum absolute atomic E-state index is 0.0321. The number of ether oxygens (including phenoxy) is 3. The Bertz CT molecular complexity index is 952. The van der Waals surface area contributed by atoms with Crippen molar-refractivity contribution in [2.75, 3.05) is 39.6 Å². The lowest BCUT2D eigenvalue weighted by molar-refractivity contribution is -0.150. The molecule has 2 rings (SSSR count). The van der Waals surface area contributed by atoms with Crippen LogP contribution in [0.2, 0.25) is 0 Å². The van der Waals surface area contributed by atoms with E-state index in [2.05, 4.69) is 0 Å². The number of benzene rings is 2. The van der Waals surface area contributed by atoms with Gasteiger partial charge in [-0.3, -0.25) is 4.79 Å². The van der Waals surface area contributed by atoms with Gasteiger partial charge in [-0.2, -0.15) is 0 Å². The Balaban J connectivity index is 2.44. The number of phenols is 2. The fourth-order valence-electron chi connectivity index (χ4n) is 3.79. The molecule has 2 aromatic rings. The number of rotatable bonds is 11. The minimum atomic E-state index is -1.30. The summed E-state index contributed by atoms with van der Waals surface area (Å²) in [6, 6.07) is 10.4. The summed E-state index contributed by atoms with van der Waals surface area (Å²) in [6.07, 6.45) is 0. The summed E-state index contributed by atoms with van der Waals surface area (Å²) in [6.45, 7) is 15.0. The predicted octanol–water partition coefficient (Wildman–Crippen LogP) is 4.57. The normalized spacial score (nSPS) is 12.6. The quantitative estimate of drug-likeness (QED) is 0.305. The molecule has 36 heavy (non-hydrogen) atoms. The van der Waals surface area contributed by atoms with Gasteiger partial charge in [0.1, 0.15) is 23.5 Å². The van der Waals surface area contributed by atoms with Crippen LogP contribution in [0.1, 0.15) is 70.7 Å². The number of phenolic OH excluding ortho intramolecular Hbond substituents is 2. The highest BCUT2D eigenvalue weighted by Crippen LogP contribution is 2.40. The van der Waals surface area contributed by atoms with Crippen LogP contribution < -0.4 is 0 Å². The van der Waals surface area contributed by atoms with Gasteiger partial charge in [-0.15, -0.1) is 0 Å². The van der Waals surface area contributed by atoms with E-state index >= 15 is 0 Å². The highest BCUT2D eigenvalue weighted by molar-refractivity contribution is 5.87. The number of carbonyl (C=O) groups is 1. The first-order valence-corrected chi connectivity index (χ1v) is 12.3. The Kier molecular flexibility index (Phi) is 9.94. The van der Waals surface area contributed by atoms with Gasteiger partial charge in [0.15, 0.2) is 0 Å². The second-order valence-corrected chi connectivity index (χ2v) is 11.2. The molecule has 0 heterocycles. The first-order chi connectivity index (χ1) is 16.7. The molecule has 0 amide bonds. The Labute approximate surface area is 215 Å². The summed E-state index contributed by atoms with van der Waals surface area (Å²) in [7, 11) is 0. The zero-order valence-corrected chi connectivity index (χ0v) is 22.7. The Morgan fingerprint density at radius 3 is 1.44 bits per heavy atom. The third-order valence-corrected chi connectivity index (χ3v) is 6.20. The fraction of sp³-hybridized carbons (Fsp3) is 0.552. The van der Waals surface area contributed by atoms with Crippen LogP contribution in [-0.4, -0.2) is 60.9 Å². The first-order valence-electron chi connectivity index (χ1n) is 12.3. The molecule has 7 nitrogen and oxygen atoms in total. The van der Waals surface area contributed by atoms with Crippen molar-refractivity contribution < 1.29 is 34.3 Å². The van der Waals surface area contributed by atoms with E-state index in [9.17, 15) is 15.0 Å². The van der Waals surface area contributed by atoms with Gasteiger partial charge in [0.25, 0.3) is 0 Å². The molecule has 0 spiro atoms. The van der Waals surface area contributed by atoms with Gasteiger partial charge in [-0.25, -0.2) is 0 Å². The average molecular weight is 503 g/mol. The first kappa shape index (κ1) is 29.6. The van der Waals surface area contributed by atoms with Crippen LogP contribution in [0.4, 0.5) is 0 Å². The van der Waals surface area contributed by atoms with Crippen molar-refractivity contribution in [2.24, 2.45) is 0 Å². The van der Waals surface area contributed by atoms with Gasteiger partial charge in [-0.05, 0) is 64.3 Å². The molecule has 0 fully saturated rings. The van der Waals surface area contributed by atoms with Crippen molar-refractivity contribution in [1.29, 1.82) is 0 Å². The lowest BCUT2D eigenvalue weighted by atomic mass is 9.72. The van der Waals surface area contributed by atoms with Gasteiger partial charge < -0.3 is 29.5 Å². The molecule has 0 radical (unpaired) electrons. The topological polar surface area (TPSA) is 105 Å². The monoisotopic (exact) mass is 502 g/mol. The van der Waals surface area contributed by atoms with E-state index in [1.54, 1.807) is 31.2 Å². The van der Waals surface area contributed by atoms with Crippen molar-refractivity contribution in [1.82, 2.24) is 0 Å². The van der Waals surface area contributed by atoms with Crippen molar-refractivity contribution in [2.45, 2.75) is 64.7 Å². The van der Waals surface area contributed by atoms with Crippen LogP contribution >= 0.6 is 0 Å². The zero-order valence-electron chi connectivity index (χ0n) is 22.7. The lowest BCUT2D eigenvalue weighted by Gasteiger charge is -2.32. The molecule has 0 aliphatic carbocycles. The average Bonchev–Trinajstić information content (AvgIpc) is 2.78. The van der Waals surface area contributed by atoms with Crippen LogP contribution in [0.3, 0.4) is 0 Å². The van der Waals surface area contributed by atoms with Gasteiger partial charge in [0.2, 0.25) is 0 Å². The molecule has 0 saturated heterocycles. The molecule has 7 heteroatoms. The molecule has 0 saturated carbocycles. The van der Waals surface area contributed by atoms with Crippen LogP contribution in [-0.2, 0) is 35.3 Å². The number of esters is 1. The van der Waals surface area contributed by atoms with Crippen molar-refractivity contribution in [3.8, 4) is 11.5 Å². The van der Waals surface area contributed by atoms with E-state index < -0.39 is 11.4 Å². The van der Waals surface area contributed by atoms with Crippen molar-refractivity contribution in [3.05, 3.63) is 58.7 Å². The summed E-state index contributed by atoms with van der Waals surface area (Å²) in [5, 5.41) is 29.9. The van der Waals surface area contributed by atoms with Gasteiger partial charge in [0, 0.05) is 0 Å². The number of aromatic hydroxyl groups is 2. The van der Waals surface area contributed by atoms with E-state index in [0.29, 0.717) is 24.3 Å². The Morgan fingerprint density at radius 1 is 0.639 bits per heavy atom. The molecular formula is C29H42O7. The summed E-state index contributed by atoms with van der Waals surface area (Å²) < 4.78 is 16.3. The number of aliphatic hydroxyl groups is 1. The van der Waals surface area contributed by atoms with Crippen LogP contribution in [0.25, 0.3) is 0 Å². The second-order valence-electron chi connectivity index (χ2n) is 11.2. The third kappa shape index (κ3) is 7.69. The molecule has 0 bridgehead atoms. The molecule has 0 aliphatic heterocycles. The van der Waals surface area contributed by atoms with E-state index in [1.165, 1.54) is 0 Å². The Hall–Kier alpha value is -2.61. The van der Waals surface area contributed by atoms with Crippen LogP contribution in [0.15, 0.2) is 36.4 Å². The summed E-state index contributed by atoms with van der Waals surface area (Å²) in [5.74, 6) is -0.406. The summed E-state index contributed by atoms with van der Waals surface area (Å²) in [4.78, 5) is 13.7. The molecule has 0 aromatic heterocycles. The van der Waals surface area contributed by atoms with E-state index in [4.69, 9.17) is 19.3 Å². The number of hydrogen-bond acceptors (Lipinski definition) is 7. The maximum absolute atomic E-state index is 13.7. The summed E-state index contributed by atoms with van der Waals surface area (Å²) >= 11 is 0. The largest absolute Gasteiger partial charge is 0.508 e. The minimum Gasteiger partial charge on any atom is -0.508 e.